The summed E-state index contributed by atoms with van der Waals surface area (Å²) in [5, 5.41) is 4.71. The van der Waals surface area contributed by atoms with Gasteiger partial charge in [0.2, 0.25) is 5.91 Å². The molecule has 0 spiro atoms. The molecular weight excluding hydrogens is 386 g/mol. The van der Waals surface area contributed by atoms with Crippen LogP contribution in [0.5, 0.6) is 0 Å². The number of hydrogen-bond donors (Lipinski definition) is 1. The molecule has 0 aliphatic carbocycles. The van der Waals surface area contributed by atoms with Crippen LogP contribution in [0, 0.1) is 0 Å². The molecule has 0 atom stereocenters. The first-order valence-electron chi connectivity index (χ1n) is 10.1. The van der Waals surface area contributed by atoms with E-state index < -0.39 is 0 Å². The highest BCUT2D eigenvalue weighted by Crippen LogP contribution is 2.20. The summed E-state index contributed by atoms with van der Waals surface area (Å²) in [6, 6.07) is 11.8. The molecule has 1 aromatic carbocycles. The maximum atomic E-state index is 12.4. The van der Waals surface area contributed by atoms with Crippen molar-refractivity contribution in [1.29, 1.82) is 0 Å². The number of nitrogens with one attached hydrogen (secondary N) is 1. The number of hydrogen-bond acceptors (Lipinski definition) is 4. The Kier molecular flexibility index (Phi) is 6.02. The number of likely N-dealkylation sites (N-methyl/N-ethyl adjacent to an activating group) is 1. The number of anilines is 1. The van der Waals surface area contributed by atoms with Crippen LogP contribution in [-0.2, 0) is 17.9 Å². The smallest absolute Gasteiger partial charge is 0.240 e. The molecule has 0 bridgehead atoms. The zero-order chi connectivity index (χ0) is 20.2. The van der Waals surface area contributed by atoms with Gasteiger partial charge in [-0.1, -0.05) is 30.7 Å². The molecule has 0 unspecified atom stereocenters. The summed E-state index contributed by atoms with van der Waals surface area (Å²) in [7, 11) is 0. The molecule has 29 heavy (non-hydrogen) atoms. The predicted octanol–water partition coefficient (Wildman–Crippen LogP) is 3.15. The Morgan fingerprint density at radius 1 is 1.14 bits per heavy atom. The van der Waals surface area contributed by atoms with E-state index in [0.717, 1.165) is 55.0 Å². The summed E-state index contributed by atoms with van der Waals surface area (Å²) in [4.78, 5) is 21.7. The van der Waals surface area contributed by atoms with Crippen molar-refractivity contribution in [2.24, 2.45) is 0 Å². The van der Waals surface area contributed by atoms with E-state index in [1.54, 1.807) is 0 Å². The Bertz CT molecular complexity index is 977. The average molecular weight is 412 g/mol. The fourth-order valence-electron chi connectivity index (χ4n) is 3.71. The Balaban J connectivity index is 1.30. The topological polar surface area (TPSA) is 53.4 Å². The molecule has 6 nitrogen and oxygen atoms in total. The van der Waals surface area contributed by atoms with Crippen molar-refractivity contribution in [3.63, 3.8) is 0 Å². The average Bonchev–Trinajstić information content (AvgIpc) is 3.14. The van der Waals surface area contributed by atoms with Crippen LogP contribution in [0.4, 0.5) is 5.82 Å². The quantitative estimate of drug-likeness (QED) is 0.677. The van der Waals surface area contributed by atoms with E-state index >= 15 is 0 Å². The molecule has 1 amide bonds. The van der Waals surface area contributed by atoms with Crippen molar-refractivity contribution in [2.45, 2.75) is 20.0 Å². The first-order valence-corrected chi connectivity index (χ1v) is 10.4. The zero-order valence-corrected chi connectivity index (χ0v) is 17.4. The van der Waals surface area contributed by atoms with Crippen molar-refractivity contribution in [1.82, 2.24) is 19.8 Å². The summed E-state index contributed by atoms with van der Waals surface area (Å²) in [6.45, 7) is 8.20. The van der Waals surface area contributed by atoms with E-state index in [1.165, 1.54) is 0 Å². The number of fused-ring (bicyclic) bond motifs is 1. The second-order valence-electron chi connectivity index (χ2n) is 7.37. The van der Waals surface area contributed by atoms with Crippen LogP contribution in [0.25, 0.3) is 10.9 Å². The highest BCUT2D eigenvalue weighted by atomic mass is 35.5. The summed E-state index contributed by atoms with van der Waals surface area (Å²) < 4.78 is 1.91. The van der Waals surface area contributed by atoms with Crippen LogP contribution in [0.1, 0.15) is 12.5 Å². The van der Waals surface area contributed by atoms with Crippen LogP contribution < -0.4 is 10.2 Å². The number of pyridine rings is 1. The minimum absolute atomic E-state index is 0.0396. The molecular formula is C22H26ClN5O. The summed E-state index contributed by atoms with van der Waals surface area (Å²) in [5.41, 5.74) is 1.96. The summed E-state index contributed by atoms with van der Waals surface area (Å²) in [6.07, 6.45) is 3.77. The van der Waals surface area contributed by atoms with Crippen LogP contribution in [0.15, 0.2) is 48.8 Å². The molecule has 1 N–H and O–H groups in total. The van der Waals surface area contributed by atoms with Crippen molar-refractivity contribution < 1.29 is 4.79 Å². The number of benzene rings is 1. The minimum Gasteiger partial charge on any atom is -0.354 e. The standard InChI is InChI=1S/C22H26ClN5O/c1-2-26-9-11-27(12-10-26)21-6-3-17(14-24-21)15-25-22(29)16-28-8-7-18-4-5-19(23)13-20(18)28/h3-8,13-14H,2,9-12,15-16H2,1H3,(H,25,29). The Morgan fingerprint density at radius 2 is 1.97 bits per heavy atom. The number of carbonyl (C=O) groups excluding carboxylic acids is 1. The fraction of sp³-hybridized carbons (Fsp3) is 0.364. The molecule has 1 aliphatic heterocycles. The lowest BCUT2D eigenvalue weighted by molar-refractivity contribution is -0.121. The lowest BCUT2D eigenvalue weighted by atomic mass is 10.2. The lowest BCUT2D eigenvalue weighted by Crippen LogP contribution is -2.46. The molecule has 152 valence electrons. The van der Waals surface area contributed by atoms with Gasteiger partial charge in [0.05, 0.1) is 0 Å². The van der Waals surface area contributed by atoms with E-state index in [1.807, 2.05) is 53.4 Å². The zero-order valence-electron chi connectivity index (χ0n) is 16.6. The Labute approximate surface area is 176 Å². The Morgan fingerprint density at radius 3 is 2.69 bits per heavy atom. The highest BCUT2D eigenvalue weighted by molar-refractivity contribution is 6.31. The molecule has 0 radical (unpaired) electrons. The number of carbonyl (C=O) groups is 1. The largest absolute Gasteiger partial charge is 0.354 e. The number of amides is 1. The number of piperazine rings is 1. The highest BCUT2D eigenvalue weighted by Gasteiger charge is 2.16. The van der Waals surface area contributed by atoms with Crippen LogP contribution >= 0.6 is 11.6 Å². The van der Waals surface area contributed by atoms with Gasteiger partial charge >= 0.3 is 0 Å². The van der Waals surface area contributed by atoms with Gasteiger partial charge in [-0.15, -0.1) is 0 Å². The van der Waals surface area contributed by atoms with Crippen molar-refractivity contribution in [3.8, 4) is 0 Å². The lowest BCUT2D eigenvalue weighted by Gasteiger charge is -2.34. The third-order valence-electron chi connectivity index (χ3n) is 5.49. The van der Waals surface area contributed by atoms with Crippen molar-refractivity contribution in [2.75, 3.05) is 37.6 Å². The van der Waals surface area contributed by atoms with E-state index in [0.29, 0.717) is 11.6 Å². The van der Waals surface area contributed by atoms with Gasteiger partial charge in [-0.25, -0.2) is 4.98 Å². The van der Waals surface area contributed by atoms with E-state index in [4.69, 9.17) is 11.6 Å². The van der Waals surface area contributed by atoms with Crippen LogP contribution in [0.3, 0.4) is 0 Å². The van der Waals surface area contributed by atoms with Gasteiger partial charge in [0.1, 0.15) is 12.4 Å². The predicted molar refractivity (Wildman–Crippen MR) is 117 cm³/mol. The molecule has 3 aromatic rings. The minimum atomic E-state index is -0.0396. The van der Waals surface area contributed by atoms with E-state index in [9.17, 15) is 4.79 Å². The second kappa shape index (κ2) is 8.84. The molecule has 3 heterocycles. The van der Waals surface area contributed by atoms with Gasteiger partial charge in [0.15, 0.2) is 0 Å². The maximum Gasteiger partial charge on any atom is 0.240 e. The van der Waals surface area contributed by atoms with Crippen molar-refractivity contribution >= 4 is 34.2 Å². The van der Waals surface area contributed by atoms with E-state index in [-0.39, 0.29) is 12.5 Å². The van der Waals surface area contributed by atoms with Crippen LogP contribution in [-0.4, -0.2) is 53.1 Å². The molecule has 1 fully saturated rings. The van der Waals surface area contributed by atoms with Gasteiger partial charge < -0.3 is 19.7 Å². The third kappa shape index (κ3) is 4.71. The molecule has 1 aliphatic rings. The first-order chi connectivity index (χ1) is 14.1. The number of aromatic nitrogens is 2. The summed E-state index contributed by atoms with van der Waals surface area (Å²) >= 11 is 6.08. The van der Waals surface area contributed by atoms with Gasteiger partial charge in [-0.2, -0.15) is 0 Å². The SMILES string of the molecule is CCN1CCN(c2ccc(CNC(=O)Cn3ccc4ccc(Cl)cc43)cn2)CC1. The maximum absolute atomic E-state index is 12.4. The molecule has 7 heteroatoms. The van der Waals surface area contributed by atoms with E-state index in [2.05, 4.69) is 27.0 Å². The fourth-order valence-corrected chi connectivity index (χ4v) is 3.87. The van der Waals surface area contributed by atoms with Gasteiger partial charge in [-0.3, -0.25) is 4.79 Å². The first kappa shape index (κ1) is 19.7. The molecule has 2 aromatic heterocycles. The van der Waals surface area contributed by atoms with Gasteiger partial charge in [0.25, 0.3) is 0 Å². The number of halogens is 1. The van der Waals surface area contributed by atoms with Gasteiger partial charge in [-0.05, 0) is 41.8 Å². The van der Waals surface area contributed by atoms with Crippen LogP contribution in [0.2, 0.25) is 5.02 Å². The summed E-state index contributed by atoms with van der Waals surface area (Å²) in [5.74, 6) is 0.966. The second-order valence-corrected chi connectivity index (χ2v) is 7.81. The third-order valence-corrected chi connectivity index (χ3v) is 5.73. The number of nitrogens with zero attached hydrogens (tertiary/aromatic N) is 4. The monoisotopic (exact) mass is 411 g/mol. The Hall–Kier alpha value is -2.57. The molecule has 4 rings (SSSR count). The molecule has 1 saturated heterocycles. The normalized spacial score (nSPS) is 15.0. The van der Waals surface area contributed by atoms with Gasteiger partial charge in [0, 0.05) is 55.7 Å². The molecule has 0 saturated carbocycles. The number of rotatable bonds is 6. The van der Waals surface area contributed by atoms with Crippen molar-refractivity contribution in [3.05, 3.63) is 59.4 Å².